The van der Waals surface area contributed by atoms with Crippen LogP contribution in [0.5, 0.6) is 0 Å². The average Bonchev–Trinajstić information content (AvgIpc) is 3.40. The van der Waals surface area contributed by atoms with Crippen LogP contribution in [0.3, 0.4) is 0 Å². The van der Waals surface area contributed by atoms with Crippen LogP contribution in [0.25, 0.3) is 0 Å². The van der Waals surface area contributed by atoms with E-state index in [1.807, 2.05) is 33.3 Å². The predicted molar refractivity (Wildman–Crippen MR) is 335 cm³/mol. The quantitative estimate of drug-likeness (QED) is 0.0212. The van der Waals surface area contributed by atoms with Crippen LogP contribution in [0.4, 0.5) is 0 Å². The molecule has 1 N–H and O–H groups in total. The van der Waals surface area contributed by atoms with Crippen molar-refractivity contribution in [3.63, 3.8) is 0 Å². The third-order valence-corrected chi connectivity index (χ3v) is 16.9. The molecule has 0 aromatic rings. The Morgan fingerprint density at radius 3 is 1.05 bits per heavy atom. The number of nitrogens with one attached hydrogen (secondary N) is 1. The first kappa shape index (κ1) is 76.8. The van der Waals surface area contributed by atoms with Crippen molar-refractivity contribution in [1.82, 2.24) is 5.32 Å². The summed E-state index contributed by atoms with van der Waals surface area (Å²) in [5.41, 5.74) is 0. The topological polar surface area (TPSA) is 114 Å². The highest BCUT2D eigenvalue weighted by Crippen LogP contribution is 2.38. The van der Waals surface area contributed by atoms with Crippen molar-refractivity contribution in [2.75, 3.05) is 40.9 Å². The summed E-state index contributed by atoms with van der Waals surface area (Å²) in [4.78, 5) is 40.1. The second-order valence-electron chi connectivity index (χ2n) is 25.1. The number of amides is 1. The zero-order chi connectivity index (χ0) is 57.2. The molecule has 0 aliphatic carbocycles. The van der Waals surface area contributed by atoms with Gasteiger partial charge in [0.2, 0.25) is 5.91 Å². The van der Waals surface area contributed by atoms with Gasteiger partial charge in [0.25, 0.3) is 7.82 Å². The number of quaternary nitrogens is 1. The smallest absolute Gasteiger partial charge is 0.306 e. The lowest BCUT2D eigenvalue weighted by molar-refractivity contribution is -0.870. The molecule has 464 valence electrons. The summed E-state index contributed by atoms with van der Waals surface area (Å²) < 4.78 is 30.4. The second kappa shape index (κ2) is 58.9. The molecule has 3 atom stereocenters. The molecule has 0 aromatic heterocycles. The van der Waals surface area contributed by atoms with E-state index in [0.29, 0.717) is 17.4 Å². The Morgan fingerprint density at radius 1 is 0.436 bits per heavy atom. The average molecular weight is 1120 g/mol. The van der Waals surface area contributed by atoms with E-state index in [2.05, 4.69) is 26.1 Å². The number of unbranched alkanes of at least 4 members (excludes halogenated alkanes) is 48. The highest BCUT2D eigenvalue weighted by Gasteiger charge is 2.27. The minimum absolute atomic E-state index is 0.0166. The maximum Gasteiger partial charge on any atom is 0.306 e. The van der Waals surface area contributed by atoms with E-state index in [1.165, 1.54) is 270 Å². The first-order valence-electron chi connectivity index (χ1n) is 34.5. The number of rotatable bonds is 64. The molecule has 0 fully saturated rings. The van der Waals surface area contributed by atoms with Crippen LogP contribution in [0.1, 0.15) is 361 Å². The molecule has 0 radical (unpaired) electrons. The van der Waals surface area contributed by atoms with E-state index < -0.39 is 20.0 Å². The Labute approximate surface area is 486 Å². The molecule has 78 heavy (non-hydrogen) atoms. The number of carbonyl (C=O) groups is 2. The zero-order valence-corrected chi connectivity index (χ0v) is 54.1. The van der Waals surface area contributed by atoms with Gasteiger partial charge in [-0.15, -0.1) is 0 Å². The van der Waals surface area contributed by atoms with Gasteiger partial charge in [-0.3, -0.25) is 14.2 Å². The molecule has 9 nitrogen and oxygen atoms in total. The minimum Gasteiger partial charge on any atom is -0.756 e. The van der Waals surface area contributed by atoms with Gasteiger partial charge in [0.15, 0.2) is 0 Å². The van der Waals surface area contributed by atoms with Gasteiger partial charge in [-0.05, 0) is 31.8 Å². The van der Waals surface area contributed by atoms with Crippen LogP contribution in [0, 0.1) is 0 Å². The lowest BCUT2D eigenvalue weighted by Gasteiger charge is -2.30. The number of likely N-dealkylation sites (N-methyl/N-ethyl adjacent to an activating group) is 1. The molecule has 0 aliphatic heterocycles. The number of allylic oxidation sites excluding steroid dienone is 1. The van der Waals surface area contributed by atoms with Gasteiger partial charge in [-0.1, -0.05) is 329 Å². The van der Waals surface area contributed by atoms with Crippen molar-refractivity contribution >= 4 is 19.7 Å². The van der Waals surface area contributed by atoms with Crippen LogP contribution in [0.15, 0.2) is 12.2 Å². The summed E-state index contributed by atoms with van der Waals surface area (Å²) in [5, 5.41) is 3.04. The molecular formula is C68H135N2O7P. The highest BCUT2D eigenvalue weighted by atomic mass is 31.2. The maximum absolute atomic E-state index is 13.5. The molecule has 0 saturated carbocycles. The lowest BCUT2D eigenvalue weighted by atomic mass is 10.0. The Balaban J connectivity index is 5.00. The summed E-state index contributed by atoms with van der Waals surface area (Å²) in [6.45, 7) is 6.91. The summed E-state index contributed by atoms with van der Waals surface area (Å²) in [6.07, 6.45) is 69.1. The van der Waals surface area contributed by atoms with Gasteiger partial charge in [-0.2, -0.15) is 0 Å². The Hall–Kier alpha value is -1.25. The van der Waals surface area contributed by atoms with Crippen molar-refractivity contribution in [1.29, 1.82) is 0 Å². The van der Waals surface area contributed by atoms with Crippen molar-refractivity contribution in [2.24, 2.45) is 0 Å². The fourth-order valence-electron chi connectivity index (χ4n) is 10.6. The molecule has 0 saturated heterocycles. The minimum atomic E-state index is -4.69. The van der Waals surface area contributed by atoms with E-state index in [-0.39, 0.29) is 31.5 Å². The molecule has 1 amide bonds. The largest absolute Gasteiger partial charge is 0.756 e. The van der Waals surface area contributed by atoms with Crippen molar-refractivity contribution < 1.29 is 37.3 Å². The van der Waals surface area contributed by atoms with E-state index >= 15 is 0 Å². The molecule has 0 spiro atoms. The van der Waals surface area contributed by atoms with Crippen molar-refractivity contribution in [3.8, 4) is 0 Å². The van der Waals surface area contributed by atoms with Crippen molar-refractivity contribution in [2.45, 2.75) is 373 Å². The van der Waals surface area contributed by atoms with E-state index in [4.69, 9.17) is 13.8 Å². The van der Waals surface area contributed by atoms with Gasteiger partial charge in [0, 0.05) is 12.8 Å². The standard InChI is InChI=1S/C68H135N2O7P/c1-7-10-13-16-19-22-25-28-30-31-32-33-34-35-36-37-38-39-41-43-46-49-52-55-58-61-68(72)77-66(59-56-53-50-47-44-27-24-21-18-15-12-9-3)65(64-76-78(73,74)75-63-62-70(4,5)6)69-67(71)60-57-54-51-48-45-42-40-29-26-23-20-17-14-11-8-2/h56,59,65-66H,7-55,57-58,60-64H2,1-6H3,(H-,69,71,73,74)/b59-56-. The van der Waals surface area contributed by atoms with Gasteiger partial charge in [0.1, 0.15) is 19.3 Å². The fraction of sp³-hybridized carbons (Fsp3) is 0.941. The lowest BCUT2D eigenvalue weighted by Crippen LogP contribution is -2.47. The molecule has 3 unspecified atom stereocenters. The Bertz CT molecular complexity index is 1340. The van der Waals surface area contributed by atoms with Gasteiger partial charge >= 0.3 is 5.97 Å². The molecule has 0 aliphatic rings. The fourth-order valence-corrected chi connectivity index (χ4v) is 11.4. The molecule has 0 aromatic carbocycles. The number of hydrogen-bond acceptors (Lipinski definition) is 7. The summed E-state index contributed by atoms with van der Waals surface area (Å²) in [7, 11) is 1.21. The van der Waals surface area contributed by atoms with E-state index in [1.54, 1.807) is 0 Å². The maximum atomic E-state index is 13.5. The third-order valence-electron chi connectivity index (χ3n) is 16.0. The highest BCUT2D eigenvalue weighted by molar-refractivity contribution is 7.45. The van der Waals surface area contributed by atoms with Crippen LogP contribution >= 0.6 is 7.82 Å². The summed E-state index contributed by atoms with van der Waals surface area (Å²) >= 11 is 0. The predicted octanol–water partition coefficient (Wildman–Crippen LogP) is 20.9. The number of hydrogen-bond donors (Lipinski definition) is 1. The molecule has 0 rings (SSSR count). The van der Waals surface area contributed by atoms with Crippen LogP contribution in [-0.4, -0.2) is 69.4 Å². The van der Waals surface area contributed by atoms with Crippen LogP contribution in [0.2, 0.25) is 0 Å². The molecule has 10 heteroatoms. The number of nitrogens with zero attached hydrogens (tertiary/aromatic N) is 1. The first-order chi connectivity index (χ1) is 37.9. The van der Waals surface area contributed by atoms with Gasteiger partial charge in [-0.25, -0.2) is 0 Å². The number of phosphoric ester groups is 1. The van der Waals surface area contributed by atoms with Gasteiger partial charge in [0.05, 0.1) is 33.8 Å². The normalized spacial score (nSPS) is 13.6. The van der Waals surface area contributed by atoms with E-state index in [9.17, 15) is 19.0 Å². The molecular weight excluding hydrogens is 988 g/mol. The third kappa shape index (κ3) is 59.4. The zero-order valence-electron chi connectivity index (χ0n) is 53.2. The second-order valence-corrected chi connectivity index (χ2v) is 26.5. The SMILES string of the molecule is CCCCCCCCCCCC/C=C\C(OC(=O)CCCCCCCCCCCCCCCCCCCCCCCCCCC)C(COP(=O)([O-])OCC[N+](C)(C)C)NC(=O)CCCCCCCCCCCCCCCCC. The summed E-state index contributed by atoms with van der Waals surface area (Å²) in [6, 6.07) is -0.880. The number of phosphoric acid groups is 1. The number of carbonyl (C=O) groups excluding carboxylic acids is 2. The number of esters is 1. The van der Waals surface area contributed by atoms with Crippen LogP contribution < -0.4 is 10.2 Å². The monoisotopic (exact) mass is 1120 g/mol. The summed E-state index contributed by atoms with van der Waals surface area (Å²) in [5.74, 6) is -0.516. The van der Waals surface area contributed by atoms with Crippen LogP contribution in [-0.2, 0) is 27.9 Å². The Morgan fingerprint density at radius 2 is 0.731 bits per heavy atom. The molecule has 0 bridgehead atoms. The van der Waals surface area contributed by atoms with Gasteiger partial charge < -0.3 is 28.5 Å². The Kier molecular flexibility index (Phi) is 58.0. The number of ether oxygens (including phenoxy) is 1. The van der Waals surface area contributed by atoms with Crippen molar-refractivity contribution in [3.05, 3.63) is 12.2 Å². The van der Waals surface area contributed by atoms with E-state index in [0.717, 1.165) is 57.8 Å². The molecule has 0 heterocycles. The first-order valence-corrected chi connectivity index (χ1v) is 36.0.